The zero-order valence-electron chi connectivity index (χ0n) is 18.6. The van der Waals surface area contributed by atoms with Crippen molar-refractivity contribution in [2.75, 3.05) is 20.8 Å². The molecule has 0 radical (unpaired) electrons. The number of aromatic hydroxyl groups is 2. The van der Waals surface area contributed by atoms with Crippen molar-refractivity contribution in [3.8, 4) is 40.1 Å². The summed E-state index contributed by atoms with van der Waals surface area (Å²) in [7, 11) is 2.60. The molecule has 1 aliphatic heterocycles. The zero-order chi connectivity index (χ0) is 25.4. The van der Waals surface area contributed by atoms with E-state index in [1.54, 1.807) is 0 Å². The number of methoxy groups -OCH3 is 2. The minimum absolute atomic E-state index is 0.0580. The van der Waals surface area contributed by atoms with Gasteiger partial charge in [0.25, 0.3) is 0 Å². The number of aliphatic hydroxyl groups is 4. The fraction of sp³-hybridized carbons (Fsp3) is 0.348. The van der Waals surface area contributed by atoms with E-state index in [1.807, 2.05) is 0 Å². The molecule has 1 saturated heterocycles. The highest BCUT2D eigenvalue weighted by Gasteiger charge is 2.45. The molecule has 1 aromatic heterocycles. The van der Waals surface area contributed by atoms with Crippen LogP contribution < -0.4 is 19.6 Å². The van der Waals surface area contributed by atoms with Gasteiger partial charge in [0.05, 0.1) is 20.8 Å². The fourth-order valence-corrected chi connectivity index (χ4v) is 3.82. The number of benzene rings is 2. The molecule has 0 aliphatic carbocycles. The van der Waals surface area contributed by atoms with E-state index in [9.17, 15) is 35.4 Å². The largest absolute Gasteiger partial charge is 0.508 e. The van der Waals surface area contributed by atoms with Gasteiger partial charge in [-0.15, -0.1) is 0 Å². The molecule has 0 spiro atoms. The smallest absolute Gasteiger partial charge is 0.239 e. The van der Waals surface area contributed by atoms with Gasteiger partial charge in [0.15, 0.2) is 17.3 Å². The summed E-state index contributed by atoms with van der Waals surface area (Å²) in [6.45, 7) is -0.709. The summed E-state index contributed by atoms with van der Waals surface area (Å²) in [5, 5.41) is 60.0. The van der Waals surface area contributed by atoms with E-state index < -0.39 is 54.2 Å². The van der Waals surface area contributed by atoms with Crippen LogP contribution in [0.25, 0.3) is 22.3 Å². The number of phenolic OH excluding ortho intramolecular Hbond substituents is 2. The molecule has 2 heterocycles. The van der Waals surface area contributed by atoms with E-state index in [0.717, 1.165) is 0 Å². The normalized spacial score (nSPS) is 24.3. The molecule has 1 aliphatic rings. The molecule has 188 valence electrons. The summed E-state index contributed by atoms with van der Waals surface area (Å²) in [5.41, 5.74) is -0.699. The minimum atomic E-state index is -1.81. The molecule has 0 unspecified atom stereocenters. The van der Waals surface area contributed by atoms with E-state index >= 15 is 0 Å². The average molecular weight is 492 g/mol. The molecule has 0 saturated carbocycles. The van der Waals surface area contributed by atoms with Gasteiger partial charge in [0.1, 0.15) is 41.1 Å². The van der Waals surface area contributed by atoms with Gasteiger partial charge < -0.3 is 54.0 Å². The second kappa shape index (κ2) is 9.60. The summed E-state index contributed by atoms with van der Waals surface area (Å²) in [4.78, 5) is 13.6. The van der Waals surface area contributed by atoms with E-state index in [4.69, 9.17) is 23.4 Å². The van der Waals surface area contributed by atoms with Gasteiger partial charge in [0.2, 0.25) is 23.2 Å². The average Bonchev–Trinajstić information content (AvgIpc) is 2.85. The summed E-state index contributed by atoms with van der Waals surface area (Å²) in [5.74, 6) is -1.38. The molecule has 0 bridgehead atoms. The maximum absolute atomic E-state index is 13.6. The Bertz CT molecular complexity index is 1270. The van der Waals surface area contributed by atoms with Crippen LogP contribution in [0.15, 0.2) is 39.5 Å². The lowest BCUT2D eigenvalue weighted by Gasteiger charge is -2.39. The molecule has 12 nitrogen and oxygen atoms in total. The SMILES string of the molecule is COc1cc2oc(-c3ccc(O)cc3)c(O[C@@H]3O[C@@H](CO)[C@@H](O)[C@@H](O)[C@@H]3O)c(=O)c2c(O)c1OC. The Morgan fingerprint density at radius 2 is 1.63 bits per heavy atom. The van der Waals surface area contributed by atoms with Crippen LogP contribution in [0.1, 0.15) is 0 Å². The highest BCUT2D eigenvalue weighted by atomic mass is 16.7. The van der Waals surface area contributed by atoms with Crippen LogP contribution in [-0.4, -0.2) is 82.2 Å². The highest BCUT2D eigenvalue weighted by Crippen LogP contribution is 2.44. The lowest BCUT2D eigenvalue weighted by atomic mass is 9.99. The first-order valence-corrected chi connectivity index (χ1v) is 10.4. The van der Waals surface area contributed by atoms with Crippen LogP contribution in [0.2, 0.25) is 0 Å². The molecule has 2 aromatic carbocycles. The third kappa shape index (κ3) is 4.22. The number of hydrogen-bond acceptors (Lipinski definition) is 12. The Hall–Kier alpha value is -3.55. The van der Waals surface area contributed by atoms with Crippen molar-refractivity contribution < 1.29 is 54.0 Å². The Labute approximate surface area is 197 Å². The van der Waals surface area contributed by atoms with Crippen LogP contribution in [0.4, 0.5) is 0 Å². The summed E-state index contributed by atoms with van der Waals surface area (Å²) in [6, 6.07) is 6.86. The van der Waals surface area contributed by atoms with Crippen molar-refractivity contribution in [2.45, 2.75) is 30.7 Å². The van der Waals surface area contributed by atoms with Gasteiger partial charge in [-0.25, -0.2) is 0 Å². The van der Waals surface area contributed by atoms with Crippen LogP contribution in [0.3, 0.4) is 0 Å². The van der Waals surface area contributed by atoms with Gasteiger partial charge in [-0.05, 0) is 24.3 Å². The molecule has 35 heavy (non-hydrogen) atoms. The van der Waals surface area contributed by atoms with Crippen LogP contribution in [0, 0.1) is 0 Å². The molecular formula is C23H24O12. The highest BCUT2D eigenvalue weighted by molar-refractivity contribution is 5.91. The Kier molecular flexibility index (Phi) is 6.74. The summed E-state index contributed by atoms with van der Waals surface area (Å²) >= 11 is 0. The third-order valence-electron chi connectivity index (χ3n) is 5.67. The van der Waals surface area contributed by atoms with E-state index in [2.05, 4.69) is 0 Å². The molecular weight excluding hydrogens is 468 g/mol. The number of fused-ring (bicyclic) bond motifs is 1. The van der Waals surface area contributed by atoms with Crippen molar-refractivity contribution in [3.63, 3.8) is 0 Å². The number of hydrogen-bond donors (Lipinski definition) is 6. The number of phenols is 2. The molecule has 1 fully saturated rings. The Morgan fingerprint density at radius 1 is 0.943 bits per heavy atom. The monoisotopic (exact) mass is 492 g/mol. The van der Waals surface area contributed by atoms with Crippen molar-refractivity contribution in [3.05, 3.63) is 40.6 Å². The van der Waals surface area contributed by atoms with Crippen molar-refractivity contribution in [2.24, 2.45) is 0 Å². The van der Waals surface area contributed by atoms with Gasteiger partial charge >= 0.3 is 0 Å². The number of ether oxygens (including phenoxy) is 4. The van der Waals surface area contributed by atoms with Crippen molar-refractivity contribution in [1.29, 1.82) is 0 Å². The van der Waals surface area contributed by atoms with Gasteiger partial charge in [-0.1, -0.05) is 0 Å². The lowest BCUT2D eigenvalue weighted by molar-refractivity contribution is -0.277. The first-order valence-electron chi connectivity index (χ1n) is 10.4. The van der Waals surface area contributed by atoms with E-state index in [0.29, 0.717) is 0 Å². The topological polar surface area (TPSA) is 189 Å². The Morgan fingerprint density at radius 3 is 2.23 bits per heavy atom. The standard InChI is InChI=1S/C23H24O12/c1-31-12-7-11-14(16(27)21(12)32-2)17(28)22(20(33-11)9-3-5-10(25)6-4-9)35-23-19(30)18(29)15(26)13(8-24)34-23/h3-7,13,15,18-19,23-27,29-30H,8H2,1-2H3/t13-,15+,18+,19-,23-/m0/s1. The molecule has 3 aromatic rings. The second-order valence-electron chi connectivity index (χ2n) is 7.79. The maximum atomic E-state index is 13.6. The molecule has 4 rings (SSSR count). The maximum Gasteiger partial charge on any atom is 0.239 e. The number of aliphatic hydroxyl groups excluding tert-OH is 4. The molecule has 6 N–H and O–H groups in total. The van der Waals surface area contributed by atoms with Gasteiger partial charge in [-0.3, -0.25) is 4.79 Å². The third-order valence-corrected chi connectivity index (χ3v) is 5.67. The van der Waals surface area contributed by atoms with E-state index in [1.165, 1.54) is 44.6 Å². The van der Waals surface area contributed by atoms with Gasteiger partial charge in [0, 0.05) is 11.6 Å². The molecule has 12 heteroatoms. The van der Waals surface area contributed by atoms with Gasteiger partial charge in [-0.2, -0.15) is 0 Å². The van der Waals surface area contributed by atoms with Crippen LogP contribution >= 0.6 is 0 Å². The second-order valence-corrected chi connectivity index (χ2v) is 7.79. The van der Waals surface area contributed by atoms with E-state index in [-0.39, 0.29) is 39.5 Å². The molecule has 5 atom stereocenters. The van der Waals surface area contributed by atoms with Crippen LogP contribution in [0.5, 0.6) is 28.7 Å². The van der Waals surface area contributed by atoms with Crippen molar-refractivity contribution >= 4 is 11.0 Å². The quantitative estimate of drug-likeness (QED) is 0.272. The number of rotatable bonds is 6. The lowest BCUT2D eigenvalue weighted by Crippen LogP contribution is -2.60. The zero-order valence-corrected chi connectivity index (χ0v) is 18.6. The minimum Gasteiger partial charge on any atom is -0.508 e. The summed E-state index contributed by atoms with van der Waals surface area (Å²) in [6.07, 6.45) is -8.20. The van der Waals surface area contributed by atoms with Crippen LogP contribution in [-0.2, 0) is 4.74 Å². The first kappa shape index (κ1) is 24.6. The summed E-state index contributed by atoms with van der Waals surface area (Å²) < 4.78 is 27.3. The predicted octanol–water partition coefficient (Wildman–Crippen LogP) is 0.0671. The fourth-order valence-electron chi connectivity index (χ4n) is 3.82. The first-order chi connectivity index (χ1) is 16.7. The predicted molar refractivity (Wildman–Crippen MR) is 119 cm³/mol. The molecule has 0 amide bonds. The Balaban J connectivity index is 1.94. The van der Waals surface area contributed by atoms with Crippen molar-refractivity contribution in [1.82, 2.24) is 0 Å².